The van der Waals surface area contributed by atoms with Gasteiger partial charge in [0.2, 0.25) is 0 Å². The third-order valence-electron chi connectivity index (χ3n) is 5.21. The Bertz CT molecular complexity index is 968. The van der Waals surface area contributed by atoms with Crippen molar-refractivity contribution in [2.45, 2.75) is 56.1 Å². The van der Waals surface area contributed by atoms with Gasteiger partial charge in [0, 0.05) is 25.3 Å². The molecule has 12 nitrogen and oxygen atoms in total. The van der Waals surface area contributed by atoms with Gasteiger partial charge in [0.15, 0.2) is 6.23 Å². The lowest BCUT2D eigenvalue weighted by Crippen LogP contribution is -2.40. The molecule has 2 aliphatic rings. The second kappa shape index (κ2) is 7.86. The predicted octanol–water partition coefficient (Wildman–Crippen LogP) is -0.00580. The van der Waals surface area contributed by atoms with Crippen molar-refractivity contribution in [1.82, 2.24) is 9.55 Å². The summed E-state index contributed by atoms with van der Waals surface area (Å²) in [7, 11) is -7.21. The lowest BCUT2D eigenvalue weighted by molar-refractivity contribution is -0.0571. The van der Waals surface area contributed by atoms with E-state index < -0.39 is 68.2 Å². The highest BCUT2D eigenvalue weighted by Crippen LogP contribution is 2.63. The summed E-state index contributed by atoms with van der Waals surface area (Å²) in [5.74, 6) is -0.644. The van der Waals surface area contributed by atoms with Crippen LogP contribution in [-0.4, -0.2) is 61.0 Å². The maximum Gasteiger partial charge on any atom is 0.331 e. The van der Waals surface area contributed by atoms with E-state index >= 15 is 0 Å². The second-order valence-electron chi connectivity index (χ2n) is 7.49. The highest BCUT2D eigenvalue weighted by Gasteiger charge is 2.62. The van der Waals surface area contributed by atoms with E-state index in [0.717, 1.165) is 10.6 Å². The molecule has 0 bridgehead atoms. The normalized spacial score (nSPS) is 34.3. The third-order valence-corrected chi connectivity index (χ3v) is 8.52. The number of nitrogens with zero attached hydrogens (tertiary/aromatic N) is 1. The van der Waals surface area contributed by atoms with E-state index in [9.17, 15) is 33.4 Å². The van der Waals surface area contributed by atoms with Gasteiger partial charge in [-0.2, -0.15) is 0 Å². The van der Waals surface area contributed by atoms with Crippen molar-refractivity contribution < 1.29 is 37.8 Å². The molecule has 1 aromatic rings. The molecule has 1 saturated heterocycles. The molecule has 2 fully saturated rings. The summed E-state index contributed by atoms with van der Waals surface area (Å²) >= 11 is 0. The number of nitrogens with one attached hydrogen (secondary N) is 1. The number of hydrogen-bond donors (Lipinski definition) is 4. The van der Waals surface area contributed by atoms with Gasteiger partial charge in [-0.25, -0.2) is 4.79 Å². The third kappa shape index (κ3) is 4.50. The van der Waals surface area contributed by atoms with Crippen LogP contribution in [-0.2, 0) is 23.1 Å². The molecule has 0 amide bonds. The lowest BCUT2D eigenvalue weighted by atomic mass is 10.1. The zero-order valence-electron chi connectivity index (χ0n) is 15.9. The van der Waals surface area contributed by atoms with Crippen LogP contribution in [0.1, 0.15) is 26.5 Å². The van der Waals surface area contributed by atoms with Gasteiger partial charge in [-0.05, 0) is 6.42 Å². The summed E-state index contributed by atoms with van der Waals surface area (Å²) in [5.41, 5.74) is -3.13. The molecule has 1 aliphatic heterocycles. The van der Waals surface area contributed by atoms with E-state index in [1.807, 2.05) is 0 Å². The first kappa shape index (κ1) is 22.6. The van der Waals surface area contributed by atoms with Crippen LogP contribution in [0.3, 0.4) is 0 Å². The minimum atomic E-state index is -4.39. The van der Waals surface area contributed by atoms with Gasteiger partial charge in [0.1, 0.15) is 12.2 Å². The Hall–Kier alpha value is -1.10. The molecule has 0 spiro atoms. The minimum Gasteiger partial charge on any atom is -0.374 e. The highest BCUT2D eigenvalue weighted by molar-refractivity contribution is 7.53. The van der Waals surface area contributed by atoms with Crippen LogP contribution in [0.4, 0.5) is 0 Å². The summed E-state index contributed by atoms with van der Waals surface area (Å²) < 4.78 is 41.9. The monoisotopic (exact) mass is 454 g/mol. The molecule has 4 N–H and O–H groups in total. The lowest BCUT2D eigenvalue weighted by Gasteiger charge is -2.27. The Labute approximate surface area is 165 Å². The zero-order valence-corrected chi connectivity index (χ0v) is 17.7. The minimum absolute atomic E-state index is 0.135. The van der Waals surface area contributed by atoms with E-state index in [-0.39, 0.29) is 6.42 Å². The largest absolute Gasteiger partial charge is 0.374 e. The fraction of sp³-hybridized carbons (Fsp3) is 0.733. The van der Waals surface area contributed by atoms with Crippen molar-refractivity contribution in [1.29, 1.82) is 0 Å². The van der Waals surface area contributed by atoms with Gasteiger partial charge in [0.05, 0.1) is 17.4 Å². The van der Waals surface area contributed by atoms with Gasteiger partial charge in [0.25, 0.3) is 5.56 Å². The maximum absolute atomic E-state index is 12.5. The Kier molecular flexibility index (Phi) is 6.12. The summed E-state index contributed by atoms with van der Waals surface area (Å²) in [6, 6.07) is 1.10. The SMILES string of the molecule is CO[C@H]1[C@@H](OP(=O)(O)C(C)C)[C@@H](C2CC2P(=O)(O)O)O[C@H]1n1ccc(=O)[nH]c1=O. The van der Waals surface area contributed by atoms with Crippen LogP contribution >= 0.6 is 15.2 Å². The molecule has 7 atom stereocenters. The molecule has 164 valence electrons. The topological polar surface area (TPSA) is 177 Å². The fourth-order valence-electron chi connectivity index (χ4n) is 3.47. The van der Waals surface area contributed by atoms with Crippen LogP contribution < -0.4 is 11.2 Å². The molecule has 2 heterocycles. The number of methoxy groups -OCH3 is 1. The Morgan fingerprint density at radius 2 is 1.90 bits per heavy atom. The molecule has 1 aromatic heterocycles. The first-order chi connectivity index (χ1) is 13.4. The number of rotatable bonds is 7. The van der Waals surface area contributed by atoms with E-state index in [4.69, 9.17) is 14.0 Å². The Morgan fingerprint density at radius 3 is 2.38 bits per heavy atom. The zero-order chi connectivity index (χ0) is 21.7. The molecule has 29 heavy (non-hydrogen) atoms. The van der Waals surface area contributed by atoms with E-state index in [0.29, 0.717) is 0 Å². The number of H-pyrrole nitrogens is 1. The van der Waals surface area contributed by atoms with Crippen LogP contribution in [0.25, 0.3) is 0 Å². The molecule has 3 rings (SSSR count). The number of aromatic amines is 1. The number of hydrogen-bond acceptors (Lipinski definition) is 7. The molecular weight excluding hydrogens is 430 g/mol. The first-order valence-electron chi connectivity index (χ1n) is 8.92. The van der Waals surface area contributed by atoms with Gasteiger partial charge >= 0.3 is 20.9 Å². The van der Waals surface area contributed by atoms with Crippen LogP contribution in [0.15, 0.2) is 21.9 Å². The van der Waals surface area contributed by atoms with Crippen molar-refractivity contribution in [2.75, 3.05) is 7.11 Å². The average molecular weight is 454 g/mol. The van der Waals surface area contributed by atoms with Gasteiger partial charge in [-0.3, -0.25) is 28.0 Å². The molecule has 0 radical (unpaired) electrons. The van der Waals surface area contributed by atoms with Crippen molar-refractivity contribution in [3.63, 3.8) is 0 Å². The standard InChI is InChI=1S/C15H24N2O10P2/c1-7(2)29(23,24)27-12-11(8-6-9(8)28(20,21)22)26-14(13(12)25-3)17-5-4-10(18)16-15(17)19/h4-5,7-9,11-14H,6H2,1-3H3,(H,23,24)(H,16,18,19)(H2,20,21,22)/t8?,9?,11-,12+,13+,14-/m1/s1. The molecule has 3 unspecified atom stereocenters. The smallest absolute Gasteiger partial charge is 0.331 e. The summed E-state index contributed by atoms with van der Waals surface area (Å²) in [6.45, 7) is 2.99. The summed E-state index contributed by atoms with van der Waals surface area (Å²) in [5, 5.41) is 0. The van der Waals surface area contributed by atoms with Crippen molar-refractivity contribution in [2.24, 2.45) is 5.92 Å². The van der Waals surface area contributed by atoms with Crippen LogP contribution in [0.2, 0.25) is 0 Å². The number of aromatic nitrogens is 2. The quantitative estimate of drug-likeness (QED) is 0.410. The fourth-order valence-corrected chi connectivity index (χ4v) is 5.49. The van der Waals surface area contributed by atoms with E-state index in [1.165, 1.54) is 27.2 Å². The van der Waals surface area contributed by atoms with Crippen molar-refractivity contribution >= 4 is 15.2 Å². The van der Waals surface area contributed by atoms with Gasteiger partial charge in [-0.15, -0.1) is 0 Å². The summed E-state index contributed by atoms with van der Waals surface area (Å²) in [6.07, 6.45) is -3.02. The molecular formula is C15H24N2O10P2. The van der Waals surface area contributed by atoms with Gasteiger partial charge in [-0.1, -0.05) is 13.8 Å². The van der Waals surface area contributed by atoms with Crippen LogP contribution in [0.5, 0.6) is 0 Å². The molecule has 1 saturated carbocycles. The Morgan fingerprint density at radius 1 is 1.24 bits per heavy atom. The van der Waals surface area contributed by atoms with Crippen molar-refractivity contribution in [3.8, 4) is 0 Å². The average Bonchev–Trinajstić information content (AvgIpc) is 3.32. The molecule has 0 aromatic carbocycles. The van der Waals surface area contributed by atoms with Crippen LogP contribution in [0, 0.1) is 5.92 Å². The van der Waals surface area contributed by atoms with E-state index in [1.54, 1.807) is 0 Å². The molecule has 14 heteroatoms. The second-order valence-corrected chi connectivity index (χ2v) is 11.7. The first-order valence-corrected chi connectivity index (χ1v) is 12.3. The Balaban J connectivity index is 1.99. The molecule has 1 aliphatic carbocycles. The van der Waals surface area contributed by atoms with E-state index in [2.05, 4.69) is 4.98 Å². The maximum atomic E-state index is 12.5. The summed E-state index contributed by atoms with van der Waals surface area (Å²) in [4.78, 5) is 54.8. The van der Waals surface area contributed by atoms with Crippen molar-refractivity contribution in [3.05, 3.63) is 33.1 Å². The highest BCUT2D eigenvalue weighted by atomic mass is 31.2. The predicted molar refractivity (Wildman–Crippen MR) is 99.8 cm³/mol. The number of ether oxygens (including phenoxy) is 2. The van der Waals surface area contributed by atoms with Gasteiger partial charge < -0.3 is 24.2 Å².